The van der Waals surface area contributed by atoms with Gasteiger partial charge in [0.25, 0.3) is 0 Å². The Morgan fingerprint density at radius 2 is 1.78 bits per heavy atom. The number of benzene rings is 2. The molecule has 6 heteroatoms. The highest BCUT2D eigenvalue weighted by atomic mass is 19.1. The molecule has 3 rings (SSSR count). The molecule has 0 radical (unpaired) electrons. The van der Waals surface area contributed by atoms with E-state index in [1.807, 2.05) is 18.2 Å². The van der Waals surface area contributed by atoms with Crippen LogP contribution in [-0.4, -0.2) is 25.7 Å². The van der Waals surface area contributed by atoms with Gasteiger partial charge in [-0.25, -0.2) is 4.39 Å². The third-order valence-electron chi connectivity index (χ3n) is 3.40. The van der Waals surface area contributed by atoms with Crippen molar-refractivity contribution in [2.24, 2.45) is 0 Å². The van der Waals surface area contributed by atoms with Crippen LogP contribution >= 0.6 is 0 Å². The fraction of sp³-hybridized carbons (Fsp3) is 0.235. The molecule has 2 N–H and O–H groups in total. The molecule has 1 amide bonds. The van der Waals surface area contributed by atoms with Crippen LogP contribution in [0.2, 0.25) is 0 Å². The quantitative estimate of drug-likeness (QED) is 0.889. The van der Waals surface area contributed by atoms with Crippen molar-refractivity contribution in [3.8, 4) is 11.5 Å². The number of carbonyl (C=O) groups is 1. The van der Waals surface area contributed by atoms with E-state index in [1.165, 1.54) is 12.1 Å². The Balaban J connectivity index is 1.48. The predicted octanol–water partition coefficient (Wildman–Crippen LogP) is 2.33. The summed E-state index contributed by atoms with van der Waals surface area (Å²) in [7, 11) is 0. The van der Waals surface area contributed by atoms with E-state index in [1.54, 1.807) is 12.1 Å². The maximum atomic E-state index is 12.8. The standard InChI is InChI=1S/C17H17FN2O3/c18-13-3-1-12(2-4-13)10-20-17(21)11-19-14-5-6-15-16(9-14)23-8-7-22-15/h1-6,9,19H,7-8,10-11H2,(H,20,21). The average molecular weight is 316 g/mol. The zero-order valence-corrected chi connectivity index (χ0v) is 12.5. The van der Waals surface area contributed by atoms with E-state index in [-0.39, 0.29) is 18.3 Å². The largest absolute Gasteiger partial charge is 0.486 e. The van der Waals surface area contributed by atoms with Gasteiger partial charge in [-0.15, -0.1) is 0 Å². The second-order valence-electron chi connectivity index (χ2n) is 5.12. The van der Waals surface area contributed by atoms with Crippen LogP contribution in [0.25, 0.3) is 0 Å². The van der Waals surface area contributed by atoms with E-state index in [9.17, 15) is 9.18 Å². The molecule has 0 saturated carbocycles. The summed E-state index contributed by atoms with van der Waals surface area (Å²) >= 11 is 0. The normalized spacial score (nSPS) is 12.6. The van der Waals surface area contributed by atoms with Gasteiger partial charge in [0.15, 0.2) is 11.5 Å². The third-order valence-corrected chi connectivity index (χ3v) is 3.40. The molecule has 0 atom stereocenters. The molecule has 5 nitrogen and oxygen atoms in total. The van der Waals surface area contributed by atoms with Crippen molar-refractivity contribution in [2.75, 3.05) is 25.1 Å². The molecule has 0 saturated heterocycles. The van der Waals surface area contributed by atoms with Gasteiger partial charge in [-0.1, -0.05) is 12.1 Å². The summed E-state index contributed by atoms with van der Waals surface area (Å²) in [6, 6.07) is 11.5. The van der Waals surface area contributed by atoms with Gasteiger partial charge in [0.05, 0.1) is 6.54 Å². The van der Waals surface area contributed by atoms with E-state index in [2.05, 4.69) is 10.6 Å². The van der Waals surface area contributed by atoms with E-state index in [0.717, 1.165) is 11.3 Å². The highest BCUT2D eigenvalue weighted by Crippen LogP contribution is 2.32. The third kappa shape index (κ3) is 4.12. The van der Waals surface area contributed by atoms with Gasteiger partial charge in [-0.2, -0.15) is 0 Å². The topological polar surface area (TPSA) is 59.6 Å². The number of hydrogen-bond donors (Lipinski definition) is 2. The van der Waals surface area contributed by atoms with Crippen LogP contribution in [-0.2, 0) is 11.3 Å². The SMILES string of the molecule is O=C(CNc1ccc2c(c1)OCCO2)NCc1ccc(F)cc1. The van der Waals surface area contributed by atoms with Crippen molar-refractivity contribution in [1.29, 1.82) is 0 Å². The molecular formula is C17H17FN2O3. The predicted molar refractivity (Wildman–Crippen MR) is 84.2 cm³/mol. The van der Waals surface area contributed by atoms with Crippen LogP contribution in [0, 0.1) is 5.82 Å². The van der Waals surface area contributed by atoms with E-state index >= 15 is 0 Å². The maximum Gasteiger partial charge on any atom is 0.239 e. The molecule has 2 aromatic carbocycles. The first-order valence-electron chi connectivity index (χ1n) is 7.35. The van der Waals surface area contributed by atoms with E-state index in [4.69, 9.17) is 9.47 Å². The van der Waals surface area contributed by atoms with E-state index < -0.39 is 0 Å². The number of amides is 1. The molecule has 0 fully saturated rings. The lowest BCUT2D eigenvalue weighted by molar-refractivity contribution is -0.119. The number of fused-ring (bicyclic) bond motifs is 1. The Labute approximate surface area is 133 Å². The minimum absolute atomic E-state index is 0.140. The van der Waals surface area contributed by atoms with Crippen molar-refractivity contribution in [3.63, 3.8) is 0 Å². The summed E-state index contributed by atoms with van der Waals surface area (Å²) in [5.74, 6) is 0.945. The van der Waals surface area contributed by atoms with E-state index in [0.29, 0.717) is 31.3 Å². The molecule has 2 aromatic rings. The molecule has 1 heterocycles. The molecule has 0 spiro atoms. The number of rotatable bonds is 5. The zero-order valence-electron chi connectivity index (χ0n) is 12.5. The summed E-state index contributed by atoms with van der Waals surface area (Å²) < 4.78 is 23.7. The number of halogens is 1. The van der Waals surface area contributed by atoms with Gasteiger partial charge in [-0.3, -0.25) is 4.79 Å². The molecular weight excluding hydrogens is 299 g/mol. The Kier molecular flexibility index (Phi) is 4.61. The Morgan fingerprint density at radius 3 is 2.57 bits per heavy atom. The Bertz CT molecular complexity index is 689. The van der Waals surface area contributed by atoms with Crippen LogP contribution in [0.1, 0.15) is 5.56 Å². The number of hydrogen-bond acceptors (Lipinski definition) is 4. The molecule has 120 valence electrons. The molecule has 1 aliphatic rings. The zero-order chi connectivity index (χ0) is 16.1. The number of ether oxygens (including phenoxy) is 2. The second kappa shape index (κ2) is 7.00. The van der Waals surface area contributed by atoms with Gasteiger partial charge < -0.3 is 20.1 Å². The highest BCUT2D eigenvalue weighted by molar-refractivity contribution is 5.80. The van der Waals surface area contributed by atoms with Gasteiger partial charge in [0.2, 0.25) is 5.91 Å². The summed E-state index contributed by atoms with van der Waals surface area (Å²) in [4.78, 5) is 11.8. The average Bonchev–Trinajstić information content (AvgIpc) is 2.59. The fourth-order valence-corrected chi connectivity index (χ4v) is 2.20. The second-order valence-corrected chi connectivity index (χ2v) is 5.12. The summed E-state index contributed by atoms with van der Waals surface area (Å²) in [5.41, 5.74) is 1.63. The number of nitrogens with one attached hydrogen (secondary N) is 2. The lowest BCUT2D eigenvalue weighted by atomic mass is 10.2. The molecule has 0 bridgehead atoms. The Hall–Kier alpha value is -2.76. The van der Waals surface area contributed by atoms with Crippen LogP contribution in [0.3, 0.4) is 0 Å². The Morgan fingerprint density at radius 1 is 1.04 bits per heavy atom. The van der Waals surface area contributed by atoms with Crippen molar-refractivity contribution in [2.45, 2.75) is 6.54 Å². The number of carbonyl (C=O) groups excluding carboxylic acids is 1. The minimum Gasteiger partial charge on any atom is -0.486 e. The van der Waals surface area contributed by atoms with Crippen LogP contribution in [0.15, 0.2) is 42.5 Å². The van der Waals surface area contributed by atoms with Crippen molar-refractivity contribution in [3.05, 3.63) is 53.8 Å². The highest BCUT2D eigenvalue weighted by Gasteiger charge is 2.11. The lowest BCUT2D eigenvalue weighted by Crippen LogP contribution is -2.29. The summed E-state index contributed by atoms with van der Waals surface area (Å²) in [6.45, 7) is 1.57. The fourth-order valence-electron chi connectivity index (χ4n) is 2.20. The van der Waals surface area contributed by atoms with Gasteiger partial charge in [-0.05, 0) is 29.8 Å². The molecule has 23 heavy (non-hydrogen) atoms. The lowest BCUT2D eigenvalue weighted by Gasteiger charge is -2.19. The molecule has 0 aliphatic carbocycles. The first-order chi connectivity index (χ1) is 11.2. The molecule has 0 aromatic heterocycles. The minimum atomic E-state index is -0.291. The van der Waals surface area contributed by atoms with Crippen LogP contribution in [0.4, 0.5) is 10.1 Å². The maximum absolute atomic E-state index is 12.8. The van der Waals surface area contributed by atoms with Crippen LogP contribution < -0.4 is 20.1 Å². The van der Waals surface area contributed by atoms with Crippen LogP contribution in [0.5, 0.6) is 11.5 Å². The van der Waals surface area contributed by atoms with Gasteiger partial charge in [0, 0.05) is 18.3 Å². The van der Waals surface area contributed by atoms with Gasteiger partial charge >= 0.3 is 0 Å². The first kappa shape index (κ1) is 15.1. The monoisotopic (exact) mass is 316 g/mol. The van der Waals surface area contributed by atoms with Gasteiger partial charge in [0.1, 0.15) is 19.0 Å². The first-order valence-corrected chi connectivity index (χ1v) is 7.35. The van der Waals surface area contributed by atoms with Crippen molar-refractivity contribution < 1.29 is 18.7 Å². The summed E-state index contributed by atoms with van der Waals surface area (Å²) in [6.07, 6.45) is 0. The molecule has 0 unspecified atom stereocenters. The number of anilines is 1. The molecule has 1 aliphatic heterocycles. The van der Waals surface area contributed by atoms with Crippen molar-refractivity contribution >= 4 is 11.6 Å². The summed E-state index contributed by atoms with van der Waals surface area (Å²) in [5, 5.41) is 5.80. The van der Waals surface area contributed by atoms with Crippen molar-refractivity contribution in [1.82, 2.24) is 5.32 Å². The smallest absolute Gasteiger partial charge is 0.239 e.